The SMILES string of the molecule is Cc1cc2c(N(Cc3ccc(C4CC4C)o3)C3CC3)nccn2n1. The van der Waals surface area contributed by atoms with Gasteiger partial charge >= 0.3 is 0 Å². The Morgan fingerprint density at radius 2 is 2.17 bits per heavy atom. The zero-order chi connectivity index (χ0) is 16.3. The first-order valence-electron chi connectivity index (χ1n) is 8.85. The van der Waals surface area contributed by atoms with E-state index in [2.05, 4.69) is 40.1 Å². The van der Waals surface area contributed by atoms with E-state index in [4.69, 9.17) is 4.42 Å². The van der Waals surface area contributed by atoms with E-state index in [0.29, 0.717) is 12.0 Å². The number of fused-ring (bicyclic) bond motifs is 1. The second kappa shape index (κ2) is 5.10. The van der Waals surface area contributed by atoms with E-state index in [-0.39, 0.29) is 0 Å². The minimum absolute atomic E-state index is 0.562. The van der Waals surface area contributed by atoms with Crippen LogP contribution in [0.2, 0.25) is 0 Å². The van der Waals surface area contributed by atoms with E-state index in [1.54, 1.807) is 0 Å². The molecule has 3 heterocycles. The molecule has 2 saturated carbocycles. The average Bonchev–Trinajstić information content (AvgIpc) is 3.44. The summed E-state index contributed by atoms with van der Waals surface area (Å²) in [7, 11) is 0. The fraction of sp³-hybridized carbons (Fsp3) is 0.474. The molecule has 0 spiro atoms. The average molecular weight is 322 g/mol. The summed E-state index contributed by atoms with van der Waals surface area (Å²) >= 11 is 0. The lowest BCUT2D eigenvalue weighted by Crippen LogP contribution is -2.26. The molecule has 5 nitrogen and oxygen atoms in total. The molecule has 2 aliphatic carbocycles. The van der Waals surface area contributed by atoms with Crippen LogP contribution in [-0.2, 0) is 6.54 Å². The van der Waals surface area contributed by atoms with Crippen molar-refractivity contribution in [3.63, 3.8) is 0 Å². The van der Waals surface area contributed by atoms with E-state index in [1.165, 1.54) is 19.3 Å². The predicted octanol–water partition coefficient (Wildman–Crippen LogP) is 3.92. The lowest BCUT2D eigenvalue weighted by atomic mass is 10.3. The van der Waals surface area contributed by atoms with Gasteiger partial charge in [-0.15, -0.1) is 0 Å². The monoisotopic (exact) mass is 322 g/mol. The van der Waals surface area contributed by atoms with Crippen LogP contribution in [0.4, 0.5) is 5.82 Å². The largest absolute Gasteiger partial charge is 0.464 e. The predicted molar refractivity (Wildman–Crippen MR) is 92.2 cm³/mol. The lowest BCUT2D eigenvalue weighted by molar-refractivity contribution is 0.456. The molecule has 0 bridgehead atoms. The van der Waals surface area contributed by atoms with Crippen LogP contribution < -0.4 is 4.90 Å². The molecule has 0 amide bonds. The van der Waals surface area contributed by atoms with E-state index in [9.17, 15) is 0 Å². The minimum Gasteiger partial charge on any atom is -0.464 e. The van der Waals surface area contributed by atoms with Gasteiger partial charge in [-0.05, 0) is 50.3 Å². The molecule has 0 saturated heterocycles. The highest BCUT2D eigenvalue weighted by atomic mass is 16.3. The standard InChI is InChI=1S/C19H22N4O/c1-12-9-16(12)18-6-5-15(24-18)11-22(14-3-4-14)19-17-10-13(2)21-23(17)8-7-20-19/h5-8,10,12,14,16H,3-4,9,11H2,1-2H3. The van der Waals surface area contributed by atoms with E-state index in [1.807, 2.05) is 23.8 Å². The molecular formula is C19H22N4O. The van der Waals surface area contributed by atoms with Crippen molar-refractivity contribution in [1.29, 1.82) is 0 Å². The van der Waals surface area contributed by atoms with Crippen molar-refractivity contribution in [2.24, 2.45) is 5.92 Å². The van der Waals surface area contributed by atoms with Gasteiger partial charge in [0.2, 0.25) is 0 Å². The Kier molecular flexibility index (Phi) is 2.99. The summed E-state index contributed by atoms with van der Waals surface area (Å²) in [6.45, 7) is 5.09. The van der Waals surface area contributed by atoms with E-state index in [0.717, 1.165) is 41.0 Å². The molecule has 0 radical (unpaired) electrons. The summed E-state index contributed by atoms with van der Waals surface area (Å²) in [5.74, 6) is 4.61. The molecule has 3 aromatic heterocycles. The second-order valence-electron chi connectivity index (χ2n) is 7.35. The molecule has 124 valence electrons. The molecule has 2 fully saturated rings. The van der Waals surface area contributed by atoms with Crippen molar-refractivity contribution in [3.8, 4) is 0 Å². The molecule has 5 rings (SSSR count). The van der Waals surface area contributed by atoms with Crippen LogP contribution in [0.1, 0.15) is 49.3 Å². The third-order valence-corrected chi connectivity index (χ3v) is 5.23. The van der Waals surface area contributed by atoms with Gasteiger partial charge in [-0.25, -0.2) is 9.50 Å². The Morgan fingerprint density at radius 1 is 1.33 bits per heavy atom. The van der Waals surface area contributed by atoms with Gasteiger partial charge in [0.25, 0.3) is 0 Å². The van der Waals surface area contributed by atoms with Gasteiger partial charge in [-0.1, -0.05) is 6.92 Å². The smallest absolute Gasteiger partial charge is 0.155 e. The van der Waals surface area contributed by atoms with Crippen LogP contribution in [0.3, 0.4) is 0 Å². The lowest BCUT2D eigenvalue weighted by Gasteiger charge is -2.23. The molecule has 2 atom stereocenters. The summed E-state index contributed by atoms with van der Waals surface area (Å²) < 4.78 is 8.06. The number of furan rings is 1. The highest BCUT2D eigenvalue weighted by molar-refractivity contribution is 5.69. The van der Waals surface area contributed by atoms with Gasteiger partial charge in [-0.2, -0.15) is 5.10 Å². The molecule has 2 aliphatic rings. The Morgan fingerprint density at radius 3 is 2.92 bits per heavy atom. The van der Waals surface area contributed by atoms with Crippen LogP contribution in [0.15, 0.2) is 35.0 Å². The third-order valence-electron chi connectivity index (χ3n) is 5.23. The normalized spacial score (nSPS) is 22.9. The summed E-state index contributed by atoms with van der Waals surface area (Å²) in [4.78, 5) is 7.05. The maximum Gasteiger partial charge on any atom is 0.155 e. The zero-order valence-electron chi connectivity index (χ0n) is 14.1. The van der Waals surface area contributed by atoms with Gasteiger partial charge in [0.15, 0.2) is 5.82 Å². The number of hydrogen-bond donors (Lipinski definition) is 0. The highest BCUT2D eigenvalue weighted by Crippen LogP contribution is 2.47. The van der Waals surface area contributed by atoms with E-state index < -0.39 is 0 Å². The Balaban J connectivity index is 1.47. The van der Waals surface area contributed by atoms with Crippen molar-refractivity contribution < 1.29 is 4.42 Å². The number of hydrogen-bond acceptors (Lipinski definition) is 4. The first-order valence-corrected chi connectivity index (χ1v) is 8.85. The maximum absolute atomic E-state index is 6.13. The third kappa shape index (κ3) is 2.39. The van der Waals surface area contributed by atoms with Gasteiger partial charge in [0.1, 0.15) is 17.0 Å². The molecular weight excluding hydrogens is 300 g/mol. The summed E-state index contributed by atoms with van der Waals surface area (Å²) in [6.07, 6.45) is 7.46. The van der Waals surface area contributed by atoms with Crippen LogP contribution >= 0.6 is 0 Å². The first kappa shape index (κ1) is 14.1. The molecule has 0 aliphatic heterocycles. The summed E-state index contributed by atoms with van der Waals surface area (Å²) in [5, 5.41) is 4.51. The Labute approximate surface area is 141 Å². The summed E-state index contributed by atoms with van der Waals surface area (Å²) in [5.41, 5.74) is 2.09. The number of nitrogens with zero attached hydrogens (tertiary/aromatic N) is 4. The number of anilines is 1. The number of rotatable bonds is 5. The molecule has 2 unspecified atom stereocenters. The molecule has 0 aromatic carbocycles. The number of aromatic nitrogens is 3. The minimum atomic E-state index is 0.562. The molecule has 0 N–H and O–H groups in total. The van der Waals surface area contributed by atoms with Crippen molar-refractivity contribution >= 4 is 11.3 Å². The van der Waals surface area contributed by atoms with Gasteiger partial charge in [0.05, 0.1) is 12.2 Å². The van der Waals surface area contributed by atoms with Crippen LogP contribution in [0, 0.1) is 12.8 Å². The van der Waals surface area contributed by atoms with Gasteiger partial charge in [-0.3, -0.25) is 0 Å². The van der Waals surface area contributed by atoms with Crippen molar-refractivity contribution in [2.45, 2.75) is 51.6 Å². The van der Waals surface area contributed by atoms with Crippen molar-refractivity contribution in [2.75, 3.05) is 4.90 Å². The highest BCUT2D eigenvalue weighted by Gasteiger charge is 2.37. The molecule has 5 heteroatoms. The van der Waals surface area contributed by atoms with Gasteiger partial charge in [0, 0.05) is 24.4 Å². The Bertz CT molecular complexity index is 892. The van der Waals surface area contributed by atoms with Gasteiger partial charge < -0.3 is 9.32 Å². The zero-order valence-corrected chi connectivity index (χ0v) is 14.1. The number of aryl methyl sites for hydroxylation is 1. The topological polar surface area (TPSA) is 46.6 Å². The first-order chi connectivity index (χ1) is 11.7. The van der Waals surface area contributed by atoms with Crippen LogP contribution in [0.25, 0.3) is 5.52 Å². The second-order valence-corrected chi connectivity index (χ2v) is 7.35. The van der Waals surface area contributed by atoms with Crippen molar-refractivity contribution in [3.05, 3.63) is 47.8 Å². The van der Waals surface area contributed by atoms with Crippen LogP contribution in [0.5, 0.6) is 0 Å². The molecule has 24 heavy (non-hydrogen) atoms. The fourth-order valence-electron chi connectivity index (χ4n) is 3.58. The fourth-order valence-corrected chi connectivity index (χ4v) is 3.58. The van der Waals surface area contributed by atoms with Crippen molar-refractivity contribution in [1.82, 2.24) is 14.6 Å². The Hall–Kier alpha value is -2.30. The molecule has 3 aromatic rings. The van der Waals surface area contributed by atoms with E-state index >= 15 is 0 Å². The van der Waals surface area contributed by atoms with Crippen LogP contribution in [-0.4, -0.2) is 20.6 Å². The quantitative estimate of drug-likeness (QED) is 0.714. The maximum atomic E-state index is 6.13. The summed E-state index contributed by atoms with van der Waals surface area (Å²) in [6, 6.07) is 6.97.